The van der Waals surface area contributed by atoms with Gasteiger partial charge >= 0.3 is 0 Å². The van der Waals surface area contributed by atoms with Gasteiger partial charge in [-0.2, -0.15) is 10.1 Å². The fourth-order valence-corrected chi connectivity index (χ4v) is 2.00. The Hall–Kier alpha value is -3.09. The maximum absolute atomic E-state index is 5.31. The SMILES string of the molecule is c1cc(-c2nc(-c3cnccn3)no2)c2[nH]ncc2c1. The molecule has 0 fully saturated rings. The lowest BCUT2D eigenvalue weighted by molar-refractivity contribution is 0.432. The molecule has 1 N–H and O–H groups in total. The zero-order valence-electron chi connectivity index (χ0n) is 10.2. The number of nitrogens with zero attached hydrogens (tertiary/aromatic N) is 5. The molecule has 3 aromatic heterocycles. The first-order valence-electron chi connectivity index (χ1n) is 5.94. The molecule has 0 amide bonds. The Bertz CT molecular complexity index is 867. The van der Waals surface area contributed by atoms with E-state index in [2.05, 4.69) is 30.3 Å². The van der Waals surface area contributed by atoms with E-state index in [0.717, 1.165) is 16.5 Å². The third kappa shape index (κ3) is 1.64. The molecule has 1 aromatic carbocycles. The van der Waals surface area contributed by atoms with Gasteiger partial charge in [0.1, 0.15) is 5.69 Å². The highest BCUT2D eigenvalue weighted by Crippen LogP contribution is 2.26. The number of hydrogen-bond acceptors (Lipinski definition) is 6. The molecular formula is C13H8N6O. The fourth-order valence-electron chi connectivity index (χ4n) is 2.00. The zero-order valence-corrected chi connectivity index (χ0v) is 10.2. The predicted molar refractivity (Wildman–Crippen MR) is 70.4 cm³/mol. The maximum Gasteiger partial charge on any atom is 0.260 e. The first-order chi connectivity index (χ1) is 9.92. The van der Waals surface area contributed by atoms with Gasteiger partial charge in [0.05, 0.1) is 23.5 Å². The van der Waals surface area contributed by atoms with E-state index in [1.165, 1.54) is 0 Å². The van der Waals surface area contributed by atoms with Gasteiger partial charge in [0.15, 0.2) is 0 Å². The number of aromatic amines is 1. The van der Waals surface area contributed by atoms with Crippen LogP contribution in [0.5, 0.6) is 0 Å². The van der Waals surface area contributed by atoms with Crippen molar-refractivity contribution in [3.8, 4) is 23.0 Å². The summed E-state index contributed by atoms with van der Waals surface area (Å²) in [5, 5.41) is 11.9. The average Bonchev–Trinajstić information content (AvgIpc) is 3.17. The van der Waals surface area contributed by atoms with E-state index in [0.29, 0.717) is 17.4 Å². The molecule has 0 aliphatic rings. The summed E-state index contributed by atoms with van der Waals surface area (Å²) in [6, 6.07) is 5.77. The maximum atomic E-state index is 5.31. The van der Waals surface area contributed by atoms with Gasteiger partial charge in [0.25, 0.3) is 5.89 Å². The number of rotatable bonds is 2. The molecule has 4 aromatic rings. The summed E-state index contributed by atoms with van der Waals surface area (Å²) in [7, 11) is 0. The van der Waals surface area contributed by atoms with Gasteiger partial charge in [-0.05, 0) is 6.07 Å². The molecule has 0 saturated heterocycles. The van der Waals surface area contributed by atoms with Gasteiger partial charge in [-0.15, -0.1) is 0 Å². The van der Waals surface area contributed by atoms with Crippen LogP contribution < -0.4 is 0 Å². The molecule has 7 heteroatoms. The average molecular weight is 264 g/mol. The molecule has 0 radical (unpaired) electrons. The summed E-state index contributed by atoms with van der Waals surface area (Å²) < 4.78 is 5.31. The van der Waals surface area contributed by atoms with Crippen molar-refractivity contribution in [3.05, 3.63) is 43.0 Å². The van der Waals surface area contributed by atoms with Crippen LogP contribution >= 0.6 is 0 Å². The number of nitrogens with one attached hydrogen (secondary N) is 1. The van der Waals surface area contributed by atoms with E-state index < -0.39 is 0 Å². The Morgan fingerprint density at radius 2 is 2.10 bits per heavy atom. The Morgan fingerprint density at radius 3 is 3.00 bits per heavy atom. The highest BCUT2D eigenvalue weighted by molar-refractivity contribution is 5.91. The minimum absolute atomic E-state index is 0.407. The van der Waals surface area contributed by atoms with Gasteiger partial charge in [0, 0.05) is 17.8 Å². The van der Waals surface area contributed by atoms with Crippen LogP contribution in [0.3, 0.4) is 0 Å². The van der Waals surface area contributed by atoms with E-state index >= 15 is 0 Å². The Morgan fingerprint density at radius 1 is 1.10 bits per heavy atom. The Balaban J connectivity index is 1.84. The number of H-pyrrole nitrogens is 1. The lowest BCUT2D eigenvalue weighted by atomic mass is 10.1. The van der Waals surface area contributed by atoms with Crippen LogP contribution in [0.4, 0.5) is 0 Å². The Labute approximate surface area is 112 Å². The van der Waals surface area contributed by atoms with Crippen molar-refractivity contribution in [3.63, 3.8) is 0 Å². The minimum Gasteiger partial charge on any atom is -0.333 e. The molecule has 3 heterocycles. The van der Waals surface area contributed by atoms with Gasteiger partial charge in [-0.1, -0.05) is 17.3 Å². The first-order valence-corrected chi connectivity index (χ1v) is 5.94. The second kappa shape index (κ2) is 4.23. The van der Waals surface area contributed by atoms with Gasteiger partial charge in [0.2, 0.25) is 5.82 Å². The fraction of sp³-hybridized carbons (Fsp3) is 0. The molecule has 0 saturated carbocycles. The Kier molecular flexibility index (Phi) is 2.28. The minimum atomic E-state index is 0.407. The number of fused-ring (bicyclic) bond motifs is 1. The second-order valence-corrected chi connectivity index (χ2v) is 4.15. The van der Waals surface area contributed by atoms with Crippen molar-refractivity contribution >= 4 is 10.9 Å². The molecule has 0 bridgehead atoms. The van der Waals surface area contributed by atoms with E-state index in [-0.39, 0.29) is 0 Å². The van der Waals surface area contributed by atoms with Crippen LogP contribution in [0.1, 0.15) is 0 Å². The van der Waals surface area contributed by atoms with Crippen LogP contribution in [0.2, 0.25) is 0 Å². The lowest BCUT2D eigenvalue weighted by Gasteiger charge is -1.95. The quantitative estimate of drug-likeness (QED) is 0.595. The van der Waals surface area contributed by atoms with E-state index in [9.17, 15) is 0 Å². The van der Waals surface area contributed by atoms with Crippen molar-refractivity contribution < 1.29 is 4.52 Å². The third-order valence-corrected chi connectivity index (χ3v) is 2.93. The molecule has 0 spiro atoms. The third-order valence-electron chi connectivity index (χ3n) is 2.93. The van der Waals surface area contributed by atoms with Gasteiger partial charge in [-0.3, -0.25) is 10.1 Å². The monoisotopic (exact) mass is 264 g/mol. The smallest absolute Gasteiger partial charge is 0.260 e. The lowest BCUT2D eigenvalue weighted by Crippen LogP contribution is -1.86. The number of hydrogen-bond donors (Lipinski definition) is 1. The summed E-state index contributed by atoms with van der Waals surface area (Å²) in [4.78, 5) is 12.5. The van der Waals surface area contributed by atoms with Crippen LogP contribution in [-0.2, 0) is 0 Å². The molecule has 96 valence electrons. The topological polar surface area (TPSA) is 93.4 Å². The van der Waals surface area contributed by atoms with Crippen LogP contribution in [-0.4, -0.2) is 30.3 Å². The highest BCUT2D eigenvalue weighted by atomic mass is 16.5. The summed E-state index contributed by atoms with van der Waals surface area (Å²) in [6.07, 6.45) is 6.51. The largest absolute Gasteiger partial charge is 0.333 e. The molecule has 0 aliphatic carbocycles. The van der Waals surface area contributed by atoms with Crippen molar-refractivity contribution in [2.24, 2.45) is 0 Å². The molecule has 20 heavy (non-hydrogen) atoms. The molecule has 7 nitrogen and oxygen atoms in total. The van der Waals surface area contributed by atoms with Gasteiger partial charge in [-0.25, -0.2) is 4.98 Å². The van der Waals surface area contributed by atoms with E-state index in [4.69, 9.17) is 4.52 Å². The summed E-state index contributed by atoms with van der Waals surface area (Å²) in [5.41, 5.74) is 2.24. The van der Waals surface area contributed by atoms with Crippen molar-refractivity contribution in [2.45, 2.75) is 0 Å². The zero-order chi connectivity index (χ0) is 13.4. The van der Waals surface area contributed by atoms with E-state index in [1.807, 2.05) is 18.2 Å². The van der Waals surface area contributed by atoms with Crippen LogP contribution in [0.15, 0.2) is 47.5 Å². The molecular weight excluding hydrogens is 256 g/mol. The number of para-hydroxylation sites is 1. The van der Waals surface area contributed by atoms with Crippen LogP contribution in [0.25, 0.3) is 33.9 Å². The van der Waals surface area contributed by atoms with Gasteiger partial charge < -0.3 is 4.52 Å². The standard InChI is InChI=1S/C13H8N6O/c1-2-8-6-16-18-11(8)9(3-1)13-17-12(19-20-13)10-7-14-4-5-15-10/h1-7H,(H,16,18). The molecule has 4 rings (SSSR count). The normalized spacial score (nSPS) is 11.0. The molecule has 0 aliphatic heterocycles. The highest BCUT2D eigenvalue weighted by Gasteiger charge is 2.14. The van der Waals surface area contributed by atoms with Crippen molar-refractivity contribution in [2.75, 3.05) is 0 Å². The second-order valence-electron chi connectivity index (χ2n) is 4.15. The van der Waals surface area contributed by atoms with Crippen LogP contribution in [0, 0.1) is 0 Å². The summed E-state index contributed by atoms with van der Waals surface area (Å²) in [6.45, 7) is 0. The van der Waals surface area contributed by atoms with Crippen molar-refractivity contribution in [1.82, 2.24) is 30.3 Å². The number of benzene rings is 1. The first kappa shape index (κ1) is 10.8. The summed E-state index contributed by atoms with van der Waals surface area (Å²) in [5.74, 6) is 0.824. The molecule has 0 atom stereocenters. The van der Waals surface area contributed by atoms with E-state index in [1.54, 1.807) is 24.8 Å². The van der Waals surface area contributed by atoms with Crippen molar-refractivity contribution in [1.29, 1.82) is 0 Å². The molecule has 0 unspecified atom stereocenters. The number of aromatic nitrogens is 6. The summed E-state index contributed by atoms with van der Waals surface area (Å²) >= 11 is 0. The predicted octanol–water partition coefficient (Wildman–Crippen LogP) is 2.07.